The number of benzene rings is 1. The molecule has 1 N–H and O–H groups in total. The molecule has 1 aliphatic heterocycles. The second-order valence-electron chi connectivity index (χ2n) is 6.76. The van der Waals surface area contributed by atoms with Crippen molar-refractivity contribution in [2.45, 2.75) is 38.5 Å². The van der Waals surface area contributed by atoms with Crippen molar-refractivity contribution in [2.75, 3.05) is 13.1 Å². The van der Waals surface area contributed by atoms with Gasteiger partial charge >= 0.3 is 6.18 Å². The van der Waals surface area contributed by atoms with E-state index in [0.29, 0.717) is 19.5 Å². The van der Waals surface area contributed by atoms with Crippen molar-refractivity contribution >= 4 is 5.91 Å². The number of amides is 1. The zero-order valence-electron chi connectivity index (χ0n) is 15.2. The van der Waals surface area contributed by atoms with Crippen molar-refractivity contribution < 1.29 is 26.9 Å². The average molecular weight is 400 g/mol. The third-order valence-electron chi connectivity index (χ3n) is 4.86. The zero-order valence-corrected chi connectivity index (χ0v) is 15.2. The van der Waals surface area contributed by atoms with Crippen LogP contribution in [0.3, 0.4) is 0 Å². The summed E-state index contributed by atoms with van der Waals surface area (Å²) in [5.74, 6) is -2.38. The number of hydrogen-bond acceptors (Lipinski definition) is 5. The molecular formula is C18H20F4N4O2. The molecule has 1 aliphatic rings. The van der Waals surface area contributed by atoms with E-state index in [1.54, 1.807) is 6.07 Å². The van der Waals surface area contributed by atoms with E-state index >= 15 is 0 Å². The van der Waals surface area contributed by atoms with Gasteiger partial charge in [0.05, 0.1) is 12.1 Å². The van der Waals surface area contributed by atoms with Crippen molar-refractivity contribution in [3.05, 3.63) is 47.4 Å². The Morgan fingerprint density at radius 3 is 2.75 bits per heavy atom. The first-order valence-electron chi connectivity index (χ1n) is 8.95. The maximum absolute atomic E-state index is 13.8. The number of piperidine rings is 1. The second-order valence-corrected chi connectivity index (χ2v) is 6.76. The van der Waals surface area contributed by atoms with Crippen molar-refractivity contribution in [1.82, 2.24) is 20.4 Å². The van der Waals surface area contributed by atoms with Gasteiger partial charge in [-0.05, 0) is 24.5 Å². The summed E-state index contributed by atoms with van der Waals surface area (Å²) in [7, 11) is 0. The number of rotatable bonds is 5. The number of likely N-dealkylation sites (tertiary alicyclic amines) is 1. The Hall–Kier alpha value is -2.49. The minimum atomic E-state index is -4.64. The normalized spacial score (nSPS) is 20.9. The lowest BCUT2D eigenvalue weighted by Crippen LogP contribution is -2.50. The highest BCUT2D eigenvalue weighted by atomic mass is 19.4. The van der Waals surface area contributed by atoms with Crippen molar-refractivity contribution in [3.8, 4) is 0 Å². The number of aromatic nitrogens is 2. The number of carbonyl (C=O) groups excluding carboxylic acids is 1. The maximum Gasteiger partial charge on any atom is 0.455 e. The van der Waals surface area contributed by atoms with Crippen LogP contribution in [-0.4, -0.2) is 40.1 Å². The van der Waals surface area contributed by atoms with Crippen LogP contribution in [0.15, 0.2) is 28.8 Å². The van der Waals surface area contributed by atoms with Crippen LogP contribution in [0.5, 0.6) is 0 Å². The number of carbonyl (C=O) groups is 1. The lowest BCUT2D eigenvalue weighted by Gasteiger charge is -2.38. The lowest BCUT2D eigenvalue weighted by molar-refractivity contribution is -0.146. The largest absolute Gasteiger partial charge is 0.455 e. The average Bonchev–Trinajstić information content (AvgIpc) is 3.12. The van der Waals surface area contributed by atoms with E-state index in [2.05, 4.69) is 15.5 Å². The molecule has 0 unspecified atom stereocenters. The number of hydrogen-bond donors (Lipinski definition) is 1. The third kappa shape index (κ3) is 4.67. The Kier molecular flexibility index (Phi) is 5.97. The van der Waals surface area contributed by atoms with E-state index in [4.69, 9.17) is 4.52 Å². The number of halogens is 4. The highest BCUT2D eigenvalue weighted by molar-refractivity contribution is 5.94. The van der Waals surface area contributed by atoms with Gasteiger partial charge in [0.1, 0.15) is 5.82 Å². The zero-order chi connectivity index (χ0) is 20.3. The van der Waals surface area contributed by atoms with Gasteiger partial charge in [0.25, 0.3) is 11.7 Å². The van der Waals surface area contributed by atoms with Crippen molar-refractivity contribution in [1.29, 1.82) is 0 Å². The van der Waals surface area contributed by atoms with E-state index in [1.807, 2.05) is 11.8 Å². The summed E-state index contributed by atoms with van der Waals surface area (Å²) in [6, 6.07) is 5.61. The fourth-order valence-corrected chi connectivity index (χ4v) is 3.37. The summed E-state index contributed by atoms with van der Waals surface area (Å²) in [5.41, 5.74) is -0.00896. The van der Waals surface area contributed by atoms with Crippen LogP contribution in [0.2, 0.25) is 0 Å². The molecule has 2 atom stereocenters. The van der Waals surface area contributed by atoms with Gasteiger partial charge < -0.3 is 9.84 Å². The fourth-order valence-electron chi connectivity index (χ4n) is 3.37. The Labute approximate surface area is 158 Å². The Morgan fingerprint density at radius 2 is 2.11 bits per heavy atom. The molecule has 28 heavy (non-hydrogen) atoms. The molecule has 0 radical (unpaired) electrons. The second kappa shape index (κ2) is 8.26. The minimum absolute atomic E-state index is 0.00896. The molecule has 1 amide bonds. The molecule has 1 fully saturated rings. The first-order chi connectivity index (χ1) is 13.3. The van der Waals surface area contributed by atoms with Gasteiger partial charge in [-0.15, -0.1) is 0 Å². The van der Waals surface area contributed by atoms with Gasteiger partial charge in [0, 0.05) is 19.1 Å². The molecule has 6 nitrogen and oxygen atoms in total. The molecule has 1 aromatic heterocycles. The van der Waals surface area contributed by atoms with E-state index in [1.165, 1.54) is 18.2 Å². The van der Waals surface area contributed by atoms with Crippen LogP contribution in [0.1, 0.15) is 41.8 Å². The Morgan fingerprint density at radius 1 is 1.36 bits per heavy atom. The molecule has 0 aliphatic carbocycles. The maximum atomic E-state index is 13.8. The molecule has 1 aromatic carbocycles. The molecular weight excluding hydrogens is 380 g/mol. The highest BCUT2D eigenvalue weighted by Crippen LogP contribution is 2.27. The standard InChI is InChI=1S/C18H20F4N4O2/c1-2-11-9-26(10-15-24-17(25-28-15)18(20,21)22)8-7-14(11)23-16(27)12-5-3-4-6-13(12)19/h3-6,11,14H,2,7-10H2,1H3,(H,23,27)/t11-,14+/m1/s1. The predicted molar refractivity (Wildman–Crippen MR) is 90.6 cm³/mol. The van der Waals surface area contributed by atoms with Gasteiger partial charge in [-0.1, -0.05) is 30.6 Å². The SMILES string of the molecule is CC[C@@H]1CN(Cc2nc(C(F)(F)F)no2)CC[C@@H]1NC(=O)c1ccccc1F. The van der Waals surface area contributed by atoms with Gasteiger partial charge in [0.2, 0.25) is 5.89 Å². The third-order valence-corrected chi connectivity index (χ3v) is 4.86. The summed E-state index contributed by atoms with van der Waals surface area (Å²) in [4.78, 5) is 17.7. The Balaban J connectivity index is 1.60. The number of nitrogens with zero attached hydrogens (tertiary/aromatic N) is 3. The van der Waals surface area contributed by atoms with E-state index in [0.717, 1.165) is 6.42 Å². The summed E-state index contributed by atoms with van der Waals surface area (Å²) in [5, 5.41) is 5.84. The minimum Gasteiger partial charge on any atom is -0.349 e. The lowest BCUT2D eigenvalue weighted by atomic mass is 9.89. The monoisotopic (exact) mass is 400 g/mol. The molecule has 10 heteroatoms. The molecule has 0 bridgehead atoms. The van der Waals surface area contributed by atoms with Crippen LogP contribution in [0, 0.1) is 11.7 Å². The van der Waals surface area contributed by atoms with Crippen LogP contribution in [-0.2, 0) is 12.7 Å². The highest BCUT2D eigenvalue weighted by Gasteiger charge is 2.38. The summed E-state index contributed by atoms with van der Waals surface area (Å²) < 4.78 is 56.2. The van der Waals surface area contributed by atoms with E-state index in [9.17, 15) is 22.4 Å². The molecule has 0 spiro atoms. The molecule has 2 heterocycles. The summed E-state index contributed by atoms with van der Waals surface area (Å²) >= 11 is 0. The molecule has 1 saturated heterocycles. The van der Waals surface area contributed by atoms with Crippen LogP contribution < -0.4 is 5.32 Å². The molecule has 152 valence electrons. The van der Waals surface area contributed by atoms with Crippen LogP contribution >= 0.6 is 0 Å². The molecule has 3 rings (SSSR count). The van der Waals surface area contributed by atoms with Gasteiger partial charge in [-0.25, -0.2) is 4.39 Å². The number of alkyl halides is 3. The quantitative estimate of drug-likeness (QED) is 0.781. The van der Waals surface area contributed by atoms with Gasteiger partial charge in [0.15, 0.2) is 0 Å². The van der Waals surface area contributed by atoms with Gasteiger partial charge in [-0.3, -0.25) is 9.69 Å². The fraction of sp³-hybridized carbons (Fsp3) is 0.500. The van der Waals surface area contributed by atoms with Gasteiger partial charge in [-0.2, -0.15) is 18.2 Å². The van der Waals surface area contributed by atoms with Crippen molar-refractivity contribution in [2.24, 2.45) is 5.92 Å². The molecule has 2 aromatic rings. The summed E-state index contributed by atoms with van der Waals surface area (Å²) in [6.07, 6.45) is -3.31. The van der Waals surface area contributed by atoms with E-state index in [-0.39, 0.29) is 30.0 Å². The predicted octanol–water partition coefficient (Wildman–Crippen LogP) is 3.26. The van der Waals surface area contributed by atoms with E-state index < -0.39 is 23.7 Å². The Bertz CT molecular complexity index is 824. The van der Waals surface area contributed by atoms with Crippen LogP contribution in [0.25, 0.3) is 0 Å². The topological polar surface area (TPSA) is 71.3 Å². The first kappa shape index (κ1) is 20.2. The van der Waals surface area contributed by atoms with Crippen LogP contribution in [0.4, 0.5) is 17.6 Å². The summed E-state index contributed by atoms with van der Waals surface area (Å²) in [6.45, 7) is 3.14. The first-order valence-corrected chi connectivity index (χ1v) is 8.95. The number of nitrogens with one attached hydrogen (secondary N) is 1. The van der Waals surface area contributed by atoms with Crippen molar-refractivity contribution in [3.63, 3.8) is 0 Å². The smallest absolute Gasteiger partial charge is 0.349 e. The molecule has 0 saturated carbocycles.